The average Bonchev–Trinajstić information content (AvgIpc) is 4.07. The van der Waals surface area contributed by atoms with Crippen molar-refractivity contribution in [3.63, 3.8) is 0 Å². The van der Waals surface area contributed by atoms with E-state index in [1.54, 1.807) is 0 Å². The summed E-state index contributed by atoms with van der Waals surface area (Å²) in [6, 6.07) is 97.4. The van der Waals surface area contributed by atoms with Gasteiger partial charge in [0.1, 0.15) is 0 Å². The van der Waals surface area contributed by atoms with Crippen molar-refractivity contribution in [1.82, 2.24) is 0 Å². The van der Waals surface area contributed by atoms with Crippen LogP contribution in [0.4, 0.5) is 17.1 Å². The molecule has 0 amide bonds. The molecule has 73 heavy (non-hydrogen) atoms. The highest BCUT2D eigenvalue weighted by atomic mass is 15.1. The molecule has 0 radical (unpaired) electrons. The summed E-state index contributed by atoms with van der Waals surface area (Å²) < 4.78 is 0. The first-order chi connectivity index (χ1) is 36.0. The van der Waals surface area contributed by atoms with E-state index in [9.17, 15) is 0 Å². The largest absolute Gasteiger partial charge is 0.310 e. The third-order valence-electron chi connectivity index (χ3n) is 16.5. The van der Waals surface area contributed by atoms with E-state index in [2.05, 4.69) is 280 Å². The zero-order chi connectivity index (χ0) is 48.7. The maximum absolute atomic E-state index is 2.53. The predicted molar refractivity (Wildman–Crippen MR) is 306 cm³/mol. The molecular formula is C72H53N. The first kappa shape index (κ1) is 43.0. The Labute approximate surface area is 429 Å². The van der Waals surface area contributed by atoms with E-state index in [1.807, 2.05) is 0 Å². The average molecular weight is 932 g/mol. The smallest absolute Gasteiger partial charge is 0.0540 e. The van der Waals surface area contributed by atoms with Gasteiger partial charge in [0.15, 0.2) is 0 Å². The quantitative estimate of drug-likeness (QED) is 0.147. The van der Waals surface area contributed by atoms with Crippen molar-refractivity contribution in [2.75, 3.05) is 4.90 Å². The van der Waals surface area contributed by atoms with Crippen molar-refractivity contribution in [3.05, 3.63) is 294 Å². The molecule has 1 heteroatoms. The summed E-state index contributed by atoms with van der Waals surface area (Å²) >= 11 is 0. The monoisotopic (exact) mass is 931 g/mol. The second-order valence-corrected chi connectivity index (χ2v) is 20.6. The van der Waals surface area contributed by atoms with Crippen LogP contribution in [0.25, 0.3) is 77.9 Å². The van der Waals surface area contributed by atoms with Crippen LogP contribution in [0.2, 0.25) is 0 Å². The summed E-state index contributed by atoms with van der Waals surface area (Å²) in [5.41, 5.74) is 29.0. The second kappa shape index (κ2) is 16.9. The zero-order valence-corrected chi connectivity index (χ0v) is 41.2. The second-order valence-electron chi connectivity index (χ2n) is 20.6. The van der Waals surface area contributed by atoms with Gasteiger partial charge in [-0.1, -0.05) is 244 Å². The number of hydrogen-bond donors (Lipinski definition) is 0. The fourth-order valence-corrected chi connectivity index (χ4v) is 13.4. The van der Waals surface area contributed by atoms with Gasteiger partial charge in [-0.05, 0) is 149 Å². The van der Waals surface area contributed by atoms with E-state index in [0.29, 0.717) is 0 Å². The number of para-hydroxylation sites is 1. The molecule has 0 bridgehead atoms. The maximum Gasteiger partial charge on any atom is 0.0540 e. The lowest BCUT2D eigenvalue weighted by Crippen LogP contribution is -2.24. The predicted octanol–water partition coefficient (Wildman–Crippen LogP) is 19.1. The van der Waals surface area contributed by atoms with E-state index >= 15 is 0 Å². The van der Waals surface area contributed by atoms with Crippen LogP contribution in [0.1, 0.15) is 53.6 Å². The summed E-state index contributed by atoms with van der Waals surface area (Å²) in [4.78, 5) is 2.52. The van der Waals surface area contributed by atoms with Crippen molar-refractivity contribution in [3.8, 4) is 77.9 Å². The van der Waals surface area contributed by atoms with Crippen LogP contribution >= 0.6 is 0 Å². The number of benzene rings is 11. The highest BCUT2D eigenvalue weighted by Gasteiger charge is 2.48. The molecule has 1 nitrogen and oxygen atoms in total. The summed E-state index contributed by atoms with van der Waals surface area (Å²) in [5.74, 6) is 0. The fourth-order valence-electron chi connectivity index (χ4n) is 13.4. The van der Waals surface area contributed by atoms with Crippen LogP contribution in [0.3, 0.4) is 0 Å². The Bertz CT molecular complexity index is 3950. The Hall–Kier alpha value is -8.78. The molecule has 0 saturated carbocycles. The van der Waals surface area contributed by atoms with Crippen LogP contribution in [-0.2, 0) is 17.3 Å². The van der Waals surface area contributed by atoms with Gasteiger partial charge in [0.05, 0.1) is 5.69 Å². The van der Waals surface area contributed by atoms with E-state index in [4.69, 9.17) is 0 Å². The Balaban J connectivity index is 0.952. The molecule has 14 rings (SSSR count). The van der Waals surface area contributed by atoms with Crippen LogP contribution in [0.5, 0.6) is 0 Å². The van der Waals surface area contributed by atoms with Crippen LogP contribution in [0, 0.1) is 0 Å². The van der Waals surface area contributed by atoms with Gasteiger partial charge in [0.25, 0.3) is 0 Å². The summed E-state index contributed by atoms with van der Waals surface area (Å²) in [5, 5.41) is 0. The van der Waals surface area contributed by atoms with Gasteiger partial charge >= 0.3 is 0 Å². The van der Waals surface area contributed by atoms with E-state index in [-0.39, 0.29) is 10.8 Å². The highest BCUT2D eigenvalue weighted by molar-refractivity contribution is 5.99. The van der Waals surface area contributed by atoms with E-state index in [1.165, 1.54) is 111 Å². The molecule has 0 aliphatic heterocycles. The number of nitrogens with zero attached hydrogens (tertiary/aromatic N) is 1. The van der Waals surface area contributed by atoms with E-state index < -0.39 is 0 Å². The standard InChI is InChI=1S/C72H53N/c1-71(2)66-36-17-13-31-60(66)64-34-20-33-63(70(64)71)56-27-10-8-25-54(56)49-39-41-51(42-40-49)73(52-43-44-61-59-30-14-18-37-67(59)72(68(61)47-52)46-45-50-23-6-16-35-65(50)72)69-38-19-15-32-62(69)58-29-12-11-28-57(58)55-26-9-7-24-53(55)48-21-4-3-5-22-48/h3-44,47H,45-46H2,1-2H3. The van der Waals surface area contributed by atoms with Crippen LogP contribution < -0.4 is 4.90 Å². The molecule has 0 N–H and O–H groups in total. The first-order valence-corrected chi connectivity index (χ1v) is 25.9. The molecule has 1 spiro atoms. The molecule has 3 aliphatic rings. The number of rotatable bonds is 8. The Kier molecular flexibility index (Phi) is 9.99. The summed E-state index contributed by atoms with van der Waals surface area (Å²) in [6.07, 6.45) is 2.10. The highest BCUT2D eigenvalue weighted by Crippen LogP contribution is 2.60. The Morgan fingerprint density at radius 1 is 0.301 bits per heavy atom. The third kappa shape index (κ3) is 6.62. The molecule has 0 fully saturated rings. The van der Waals surface area contributed by atoms with Crippen molar-refractivity contribution in [2.24, 2.45) is 0 Å². The summed E-state index contributed by atoms with van der Waals surface area (Å²) in [7, 11) is 0. The molecule has 11 aromatic carbocycles. The van der Waals surface area contributed by atoms with Gasteiger partial charge in [-0.3, -0.25) is 0 Å². The van der Waals surface area contributed by atoms with Gasteiger partial charge in [-0.25, -0.2) is 0 Å². The lowest BCUT2D eigenvalue weighted by atomic mass is 9.73. The van der Waals surface area contributed by atoms with Gasteiger partial charge < -0.3 is 4.90 Å². The van der Waals surface area contributed by atoms with Crippen molar-refractivity contribution in [1.29, 1.82) is 0 Å². The number of hydrogen-bond acceptors (Lipinski definition) is 1. The van der Waals surface area contributed by atoms with Crippen LogP contribution in [-0.4, -0.2) is 0 Å². The molecular weight excluding hydrogens is 879 g/mol. The molecule has 3 aliphatic carbocycles. The van der Waals surface area contributed by atoms with Gasteiger partial charge in [-0.15, -0.1) is 0 Å². The first-order valence-electron chi connectivity index (χ1n) is 25.9. The topological polar surface area (TPSA) is 3.24 Å². The third-order valence-corrected chi connectivity index (χ3v) is 16.5. The zero-order valence-electron chi connectivity index (χ0n) is 41.2. The lowest BCUT2D eigenvalue weighted by Gasteiger charge is -2.32. The molecule has 11 aromatic rings. The van der Waals surface area contributed by atoms with E-state index in [0.717, 1.165) is 29.9 Å². The Morgan fingerprint density at radius 2 is 0.740 bits per heavy atom. The number of fused-ring (bicyclic) bond motifs is 10. The minimum Gasteiger partial charge on any atom is -0.310 e. The molecule has 0 heterocycles. The lowest BCUT2D eigenvalue weighted by molar-refractivity contribution is 0.626. The minimum atomic E-state index is -0.224. The normalized spacial score (nSPS) is 15.3. The van der Waals surface area contributed by atoms with Gasteiger partial charge in [-0.2, -0.15) is 0 Å². The fraction of sp³-hybridized carbons (Fsp3) is 0.0833. The SMILES string of the molecule is CC1(C)c2ccccc2-c2cccc(-c3ccccc3-c3ccc(N(c4ccc5c(c4)C4(CCc6ccccc64)c4ccccc4-5)c4ccccc4-c4ccccc4-c4ccccc4-c4ccccc4)cc3)c21. The van der Waals surface area contributed by atoms with Gasteiger partial charge in [0.2, 0.25) is 0 Å². The maximum atomic E-state index is 2.53. The minimum absolute atomic E-state index is 0.133. The number of aryl methyl sites for hydroxylation is 1. The molecule has 346 valence electrons. The van der Waals surface area contributed by atoms with Crippen molar-refractivity contribution in [2.45, 2.75) is 37.5 Å². The number of anilines is 3. The molecule has 1 unspecified atom stereocenters. The van der Waals surface area contributed by atoms with Crippen molar-refractivity contribution < 1.29 is 0 Å². The molecule has 0 aromatic heterocycles. The van der Waals surface area contributed by atoms with Crippen LogP contribution in [0.15, 0.2) is 261 Å². The molecule has 1 atom stereocenters. The molecule has 0 saturated heterocycles. The Morgan fingerprint density at radius 3 is 1.42 bits per heavy atom. The summed E-state index contributed by atoms with van der Waals surface area (Å²) in [6.45, 7) is 4.77. The van der Waals surface area contributed by atoms with Crippen molar-refractivity contribution >= 4 is 17.1 Å². The van der Waals surface area contributed by atoms with Gasteiger partial charge in [0, 0.05) is 27.8 Å².